The number of nitrogens with two attached hydrogens (primary N) is 1. The van der Waals surface area contributed by atoms with Crippen LogP contribution in [0.3, 0.4) is 0 Å². The lowest BCUT2D eigenvalue weighted by molar-refractivity contribution is 0.0957. The minimum atomic E-state index is -0.316. The first-order valence-electron chi connectivity index (χ1n) is 6.71. The number of benzene rings is 2. The Balaban J connectivity index is 1.96. The molecule has 1 amide bonds. The Morgan fingerprint density at radius 3 is 2.62 bits per heavy atom. The summed E-state index contributed by atoms with van der Waals surface area (Å²) in [6.45, 7) is 0.980. The Bertz CT molecular complexity index is 670. The second kappa shape index (κ2) is 5.76. The van der Waals surface area contributed by atoms with Gasteiger partial charge in [-0.3, -0.25) is 4.79 Å². The standard InChI is InChI=1S/C16H15ClN2O2/c17-12-4-1-10(2-5-12)15(18)11-3-6-14-13(9-11)16(20)19-7-8-21-14/h1-6,9,15H,7-8,18H2,(H,19,20). The largest absolute Gasteiger partial charge is 0.491 e. The molecule has 3 rings (SSSR count). The highest BCUT2D eigenvalue weighted by atomic mass is 35.5. The minimum absolute atomic E-state index is 0.132. The molecule has 2 aromatic carbocycles. The monoisotopic (exact) mass is 302 g/mol. The molecule has 21 heavy (non-hydrogen) atoms. The summed E-state index contributed by atoms with van der Waals surface area (Å²) in [5.41, 5.74) is 8.59. The van der Waals surface area contributed by atoms with Crippen molar-refractivity contribution in [3.05, 3.63) is 64.2 Å². The highest BCUT2D eigenvalue weighted by Crippen LogP contribution is 2.27. The molecule has 0 saturated heterocycles. The maximum Gasteiger partial charge on any atom is 0.255 e. The predicted octanol–water partition coefficient (Wildman–Crippen LogP) is 2.51. The van der Waals surface area contributed by atoms with Crippen LogP contribution in [0.5, 0.6) is 5.75 Å². The number of hydrogen-bond acceptors (Lipinski definition) is 3. The van der Waals surface area contributed by atoms with Gasteiger partial charge >= 0.3 is 0 Å². The smallest absolute Gasteiger partial charge is 0.255 e. The lowest BCUT2D eigenvalue weighted by atomic mass is 9.97. The molecule has 2 aromatic rings. The van der Waals surface area contributed by atoms with E-state index in [0.717, 1.165) is 11.1 Å². The zero-order chi connectivity index (χ0) is 14.8. The summed E-state index contributed by atoms with van der Waals surface area (Å²) in [5.74, 6) is 0.463. The van der Waals surface area contributed by atoms with Crippen LogP contribution >= 0.6 is 11.6 Å². The molecule has 1 aliphatic rings. The van der Waals surface area contributed by atoms with Crippen molar-refractivity contribution in [2.45, 2.75) is 6.04 Å². The normalized spacial score (nSPS) is 15.4. The van der Waals surface area contributed by atoms with E-state index < -0.39 is 0 Å². The highest BCUT2D eigenvalue weighted by molar-refractivity contribution is 6.30. The number of halogens is 1. The van der Waals surface area contributed by atoms with Gasteiger partial charge in [0.1, 0.15) is 12.4 Å². The van der Waals surface area contributed by atoms with Gasteiger partial charge in [0.2, 0.25) is 0 Å². The first-order chi connectivity index (χ1) is 10.1. The van der Waals surface area contributed by atoms with Gasteiger partial charge in [-0.1, -0.05) is 29.8 Å². The average Bonchev–Trinajstić information content (AvgIpc) is 2.69. The number of carbonyl (C=O) groups is 1. The molecule has 0 saturated carbocycles. The van der Waals surface area contributed by atoms with E-state index in [1.165, 1.54) is 0 Å². The predicted molar refractivity (Wildman–Crippen MR) is 81.8 cm³/mol. The van der Waals surface area contributed by atoms with Gasteiger partial charge in [0.25, 0.3) is 5.91 Å². The van der Waals surface area contributed by atoms with Crippen molar-refractivity contribution in [2.24, 2.45) is 5.73 Å². The zero-order valence-electron chi connectivity index (χ0n) is 11.3. The summed E-state index contributed by atoms with van der Waals surface area (Å²) >= 11 is 5.88. The fourth-order valence-electron chi connectivity index (χ4n) is 2.33. The van der Waals surface area contributed by atoms with Crippen LogP contribution in [0.4, 0.5) is 0 Å². The van der Waals surface area contributed by atoms with Crippen molar-refractivity contribution < 1.29 is 9.53 Å². The van der Waals surface area contributed by atoms with Crippen molar-refractivity contribution in [1.82, 2.24) is 5.32 Å². The lowest BCUT2D eigenvalue weighted by Gasteiger charge is -2.15. The second-order valence-corrected chi connectivity index (χ2v) is 5.33. The first kappa shape index (κ1) is 13.9. The number of ether oxygens (including phenoxy) is 1. The number of nitrogens with one attached hydrogen (secondary N) is 1. The van der Waals surface area contributed by atoms with E-state index in [2.05, 4.69) is 5.32 Å². The van der Waals surface area contributed by atoms with Gasteiger partial charge in [0.05, 0.1) is 18.2 Å². The van der Waals surface area contributed by atoms with Crippen molar-refractivity contribution in [3.63, 3.8) is 0 Å². The number of rotatable bonds is 2. The second-order valence-electron chi connectivity index (χ2n) is 4.89. The van der Waals surface area contributed by atoms with Gasteiger partial charge in [0.15, 0.2) is 0 Å². The van der Waals surface area contributed by atoms with Crippen LogP contribution in [0.25, 0.3) is 0 Å². The van der Waals surface area contributed by atoms with Gasteiger partial charge in [-0.25, -0.2) is 0 Å². The Morgan fingerprint density at radius 2 is 1.86 bits per heavy atom. The van der Waals surface area contributed by atoms with Gasteiger partial charge < -0.3 is 15.8 Å². The molecule has 1 unspecified atom stereocenters. The molecule has 0 radical (unpaired) electrons. The van der Waals surface area contributed by atoms with Crippen molar-refractivity contribution in [2.75, 3.05) is 13.2 Å². The van der Waals surface area contributed by atoms with Crippen LogP contribution in [0.15, 0.2) is 42.5 Å². The lowest BCUT2D eigenvalue weighted by Crippen LogP contribution is -2.24. The van der Waals surface area contributed by atoms with Crippen LogP contribution < -0.4 is 15.8 Å². The fraction of sp³-hybridized carbons (Fsp3) is 0.188. The molecule has 1 heterocycles. The summed E-state index contributed by atoms with van der Waals surface area (Å²) in [4.78, 5) is 12.0. The van der Waals surface area contributed by atoms with Crippen LogP contribution in [-0.4, -0.2) is 19.1 Å². The Morgan fingerprint density at radius 1 is 1.14 bits per heavy atom. The van der Waals surface area contributed by atoms with E-state index in [0.29, 0.717) is 29.5 Å². The van der Waals surface area contributed by atoms with Crippen molar-refractivity contribution >= 4 is 17.5 Å². The molecule has 3 N–H and O–H groups in total. The van der Waals surface area contributed by atoms with E-state index in [1.54, 1.807) is 24.3 Å². The van der Waals surface area contributed by atoms with Crippen LogP contribution in [0.1, 0.15) is 27.5 Å². The maximum absolute atomic E-state index is 12.0. The van der Waals surface area contributed by atoms with E-state index in [4.69, 9.17) is 22.1 Å². The van der Waals surface area contributed by atoms with Crippen LogP contribution in [0, 0.1) is 0 Å². The molecule has 0 aromatic heterocycles. The van der Waals surface area contributed by atoms with E-state index >= 15 is 0 Å². The molecule has 4 nitrogen and oxygen atoms in total. The van der Waals surface area contributed by atoms with E-state index in [9.17, 15) is 4.79 Å². The molecule has 0 fully saturated rings. The number of hydrogen-bond donors (Lipinski definition) is 2. The fourth-order valence-corrected chi connectivity index (χ4v) is 2.45. The summed E-state index contributed by atoms with van der Waals surface area (Å²) in [6.07, 6.45) is 0. The highest BCUT2D eigenvalue weighted by Gasteiger charge is 2.19. The topological polar surface area (TPSA) is 64.4 Å². The minimum Gasteiger partial charge on any atom is -0.491 e. The summed E-state index contributed by atoms with van der Waals surface area (Å²) < 4.78 is 5.53. The molecule has 0 bridgehead atoms. The van der Waals surface area contributed by atoms with Gasteiger partial charge in [-0.05, 0) is 35.4 Å². The average molecular weight is 303 g/mol. The van der Waals surface area contributed by atoms with Gasteiger partial charge in [-0.2, -0.15) is 0 Å². The molecule has 1 atom stereocenters. The Kier molecular flexibility index (Phi) is 3.82. The Hall–Kier alpha value is -2.04. The molecule has 0 aliphatic carbocycles. The molecule has 5 heteroatoms. The molecule has 0 spiro atoms. The van der Waals surface area contributed by atoms with Crippen molar-refractivity contribution in [1.29, 1.82) is 0 Å². The number of carbonyl (C=O) groups excluding carboxylic acids is 1. The quantitative estimate of drug-likeness (QED) is 0.896. The first-order valence-corrected chi connectivity index (χ1v) is 7.09. The summed E-state index contributed by atoms with van der Waals surface area (Å²) in [7, 11) is 0. The molecule has 1 aliphatic heterocycles. The molecular formula is C16H15ClN2O2. The third-order valence-electron chi connectivity index (χ3n) is 3.48. The van der Waals surface area contributed by atoms with Crippen LogP contribution in [0.2, 0.25) is 5.02 Å². The SMILES string of the molecule is NC(c1ccc(Cl)cc1)c1ccc2c(c1)C(=O)NCCO2. The van der Waals surface area contributed by atoms with Crippen molar-refractivity contribution in [3.8, 4) is 5.75 Å². The molecule has 108 valence electrons. The van der Waals surface area contributed by atoms with Crippen LogP contribution in [-0.2, 0) is 0 Å². The summed E-state index contributed by atoms with van der Waals surface area (Å²) in [6, 6.07) is 12.5. The molecular weight excluding hydrogens is 288 g/mol. The number of fused-ring (bicyclic) bond motifs is 1. The van der Waals surface area contributed by atoms with Gasteiger partial charge in [-0.15, -0.1) is 0 Å². The zero-order valence-corrected chi connectivity index (χ0v) is 12.1. The third-order valence-corrected chi connectivity index (χ3v) is 3.73. The maximum atomic E-state index is 12.0. The third kappa shape index (κ3) is 2.86. The summed E-state index contributed by atoms with van der Waals surface area (Å²) in [5, 5.41) is 3.46. The van der Waals surface area contributed by atoms with E-state index in [1.807, 2.05) is 18.2 Å². The van der Waals surface area contributed by atoms with Gasteiger partial charge in [0, 0.05) is 5.02 Å². The number of amides is 1. The Labute approximate surface area is 127 Å². The van der Waals surface area contributed by atoms with E-state index in [-0.39, 0.29) is 11.9 Å².